The minimum Gasteiger partial charge on any atom is -0.497 e. The van der Waals surface area contributed by atoms with Crippen molar-refractivity contribution in [3.05, 3.63) is 96.1 Å². The summed E-state index contributed by atoms with van der Waals surface area (Å²) in [5.41, 5.74) is 3.67. The fourth-order valence-corrected chi connectivity index (χ4v) is 3.85. The Bertz CT molecular complexity index is 1190. The third-order valence-corrected chi connectivity index (χ3v) is 6.05. The molecule has 2 amide bonds. The maximum atomic E-state index is 12.8. The number of hydrazine groups is 1. The lowest BCUT2D eigenvalue weighted by Gasteiger charge is -2.19. The number of benzene rings is 3. The summed E-state index contributed by atoms with van der Waals surface area (Å²) in [6.45, 7) is 0.0180. The van der Waals surface area contributed by atoms with E-state index >= 15 is 0 Å². The van der Waals surface area contributed by atoms with E-state index in [-0.39, 0.29) is 17.9 Å². The van der Waals surface area contributed by atoms with E-state index in [1.807, 2.05) is 18.2 Å². The van der Waals surface area contributed by atoms with Crippen LogP contribution in [-0.4, -0.2) is 33.6 Å². The van der Waals surface area contributed by atoms with E-state index in [1.54, 1.807) is 54.6 Å². The third kappa shape index (κ3) is 7.32. The van der Waals surface area contributed by atoms with Gasteiger partial charge in [0.2, 0.25) is 0 Å². The predicted octanol–water partition coefficient (Wildman–Crippen LogP) is 2.54. The Morgan fingerprint density at radius 3 is 2.09 bits per heavy atom. The van der Waals surface area contributed by atoms with Crippen LogP contribution < -0.4 is 20.3 Å². The smallest absolute Gasteiger partial charge is 0.408 e. The number of ether oxygens (including phenoxy) is 2. The molecule has 3 aromatic rings. The maximum Gasteiger partial charge on any atom is 0.408 e. The minimum atomic E-state index is -3.99. The van der Waals surface area contributed by atoms with E-state index in [0.717, 1.165) is 11.1 Å². The SMILES string of the molecule is COc1ccc(CC(NC(=O)OCc2ccccc2)C(=O)NNS(=O)(=O)c2ccccc2)cc1. The van der Waals surface area contributed by atoms with Crippen LogP contribution in [0.25, 0.3) is 0 Å². The second kappa shape index (κ2) is 11.8. The second-order valence-corrected chi connectivity index (χ2v) is 8.90. The van der Waals surface area contributed by atoms with Crippen molar-refractivity contribution >= 4 is 22.0 Å². The first-order chi connectivity index (χ1) is 16.4. The van der Waals surface area contributed by atoms with Crippen molar-refractivity contribution in [1.29, 1.82) is 0 Å². The maximum absolute atomic E-state index is 12.8. The number of rotatable bonds is 10. The monoisotopic (exact) mass is 483 g/mol. The van der Waals surface area contributed by atoms with Crippen molar-refractivity contribution in [1.82, 2.24) is 15.6 Å². The van der Waals surface area contributed by atoms with Gasteiger partial charge in [0.05, 0.1) is 12.0 Å². The molecule has 0 aliphatic rings. The minimum absolute atomic E-state index is 0.0164. The molecule has 0 heterocycles. The van der Waals surface area contributed by atoms with Gasteiger partial charge >= 0.3 is 6.09 Å². The van der Waals surface area contributed by atoms with Gasteiger partial charge in [0.1, 0.15) is 18.4 Å². The normalized spacial score (nSPS) is 11.8. The predicted molar refractivity (Wildman–Crippen MR) is 125 cm³/mol. The number of amides is 2. The number of hydrogen-bond donors (Lipinski definition) is 3. The molecule has 10 heteroatoms. The average Bonchev–Trinajstić information content (AvgIpc) is 2.87. The summed E-state index contributed by atoms with van der Waals surface area (Å²) >= 11 is 0. The Morgan fingerprint density at radius 2 is 1.47 bits per heavy atom. The lowest BCUT2D eigenvalue weighted by molar-refractivity contribution is -0.123. The van der Waals surface area contributed by atoms with Crippen LogP contribution in [0, 0.1) is 0 Å². The summed E-state index contributed by atoms with van der Waals surface area (Å²) < 4.78 is 35.2. The van der Waals surface area contributed by atoms with Crippen LogP contribution in [0.1, 0.15) is 11.1 Å². The van der Waals surface area contributed by atoms with E-state index in [1.165, 1.54) is 19.2 Å². The van der Waals surface area contributed by atoms with Gasteiger partial charge in [-0.15, -0.1) is 4.83 Å². The van der Waals surface area contributed by atoms with E-state index in [0.29, 0.717) is 5.75 Å². The molecule has 0 radical (unpaired) electrons. The van der Waals surface area contributed by atoms with E-state index in [4.69, 9.17) is 9.47 Å². The molecule has 0 aliphatic heterocycles. The van der Waals surface area contributed by atoms with Gasteiger partial charge in [-0.25, -0.2) is 13.2 Å². The Morgan fingerprint density at radius 1 is 0.853 bits per heavy atom. The molecule has 3 aromatic carbocycles. The van der Waals surface area contributed by atoms with Crippen molar-refractivity contribution in [2.75, 3.05) is 7.11 Å². The van der Waals surface area contributed by atoms with Gasteiger partial charge in [0, 0.05) is 6.42 Å². The highest BCUT2D eigenvalue weighted by Crippen LogP contribution is 2.13. The van der Waals surface area contributed by atoms with Crippen LogP contribution in [0.2, 0.25) is 0 Å². The molecule has 1 unspecified atom stereocenters. The van der Waals surface area contributed by atoms with Crippen LogP contribution in [0.4, 0.5) is 4.79 Å². The molecule has 0 spiro atoms. The Hall–Kier alpha value is -3.89. The highest BCUT2D eigenvalue weighted by Gasteiger charge is 2.24. The first-order valence-electron chi connectivity index (χ1n) is 10.3. The number of methoxy groups -OCH3 is 1. The number of nitrogens with one attached hydrogen (secondary N) is 3. The van der Waals surface area contributed by atoms with Crippen molar-refractivity contribution in [3.63, 3.8) is 0 Å². The zero-order chi connectivity index (χ0) is 24.4. The molecule has 3 rings (SSSR count). The molecule has 34 heavy (non-hydrogen) atoms. The van der Waals surface area contributed by atoms with Gasteiger partial charge < -0.3 is 14.8 Å². The molecule has 178 valence electrons. The van der Waals surface area contributed by atoms with Crippen molar-refractivity contribution in [2.45, 2.75) is 24.0 Å². The zero-order valence-corrected chi connectivity index (χ0v) is 19.2. The molecule has 0 bridgehead atoms. The fraction of sp³-hybridized carbons (Fsp3) is 0.167. The number of sulfonamides is 1. The average molecular weight is 484 g/mol. The van der Waals surface area contributed by atoms with Gasteiger partial charge in [0.15, 0.2) is 0 Å². The van der Waals surface area contributed by atoms with Crippen LogP contribution in [0.15, 0.2) is 89.8 Å². The topological polar surface area (TPSA) is 123 Å². The Labute approximate surface area is 198 Å². The zero-order valence-electron chi connectivity index (χ0n) is 18.4. The summed E-state index contributed by atoms with van der Waals surface area (Å²) in [6, 6.07) is 22.5. The third-order valence-electron chi connectivity index (χ3n) is 4.78. The van der Waals surface area contributed by atoms with Crippen LogP contribution in [0.3, 0.4) is 0 Å². The highest BCUT2D eigenvalue weighted by molar-refractivity contribution is 7.89. The number of hydrogen-bond acceptors (Lipinski definition) is 6. The number of carbonyl (C=O) groups excluding carboxylic acids is 2. The molecule has 9 nitrogen and oxygen atoms in total. The molecule has 0 fully saturated rings. The quantitative estimate of drug-likeness (QED) is 0.381. The van der Waals surface area contributed by atoms with Gasteiger partial charge in [-0.05, 0) is 35.4 Å². The first-order valence-corrected chi connectivity index (χ1v) is 11.8. The van der Waals surface area contributed by atoms with E-state index in [9.17, 15) is 18.0 Å². The highest BCUT2D eigenvalue weighted by atomic mass is 32.2. The first kappa shape index (κ1) is 24.7. The van der Waals surface area contributed by atoms with E-state index in [2.05, 4.69) is 15.6 Å². The Kier molecular flexibility index (Phi) is 8.60. The van der Waals surface area contributed by atoms with E-state index < -0.39 is 28.1 Å². The summed E-state index contributed by atoms with van der Waals surface area (Å²) in [7, 11) is -2.45. The molecular weight excluding hydrogens is 458 g/mol. The summed E-state index contributed by atoms with van der Waals surface area (Å²) in [5.74, 6) is -0.123. The Balaban J connectivity index is 1.67. The van der Waals surface area contributed by atoms with Crippen molar-refractivity contribution in [3.8, 4) is 5.75 Å². The summed E-state index contributed by atoms with van der Waals surface area (Å²) in [6.07, 6.45) is -0.730. The van der Waals surface area contributed by atoms with Crippen molar-refractivity contribution in [2.24, 2.45) is 0 Å². The van der Waals surface area contributed by atoms with Crippen molar-refractivity contribution < 1.29 is 27.5 Å². The number of carbonyl (C=O) groups is 2. The van der Waals surface area contributed by atoms with Gasteiger partial charge in [-0.2, -0.15) is 0 Å². The fourth-order valence-electron chi connectivity index (χ4n) is 2.98. The second-order valence-electron chi connectivity index (χ2n) is 7.22. The summed E-state index contributed by atoms with van der Waals surface area (Å²) in [4.78, 5) is 27.2. The molecular formula is C24H25N3O6S. The standard InChI is InChI=1S/C24H25N3O6S/c1-32-20-14-12-18(13-15-20)16-22(25-24(29)33-17-19-8-4-2-5-9-19)23(28)26-27-34(30,31)21-10-6-3-7-11-21/h2-15,22,27H,16-17H2,1H3,(H,25,29)(H,26,28). The molecule has 1 atom stereocenters. The van der Waals surface area contributed by atoms with Crippen LogP contribution in [-0.2, 0) is 32.6 Å². The lowest BCUT2D eigenvalue weighted by Crippen LogP contribution is -2.53. The van der Waals surface area contributed by atoms with Gasteiger partial charge in [-0.1, -0.05) is 60.7 Å². The molecule has 3 N–H and O–H groups in total. The van der Waals surface area contributed by atoms with Crippen LogP contribution in [0.5, 0.6) is 5.75 Å². The molecule has 0 aromatic heterocycles. The summed E-state index contributed by atoms with van der Waals surface area (Å²) in [5, 5.41) is 2.50. The van der Waals surface area contributed by atoms with Gasteiger partial charge in [0.25, 0.3) is 15.9 Å². The largest absolute Gasteiger partial charge is 0.497 e. The molecule has 0 saturated carbocycles. The molecule has 0 aliphatic carbocycles. The van der Waals surface area contributed by atoms with Crippen LogP contribution >= 0.6 is 0 Å². The lowest BCUT2D eigenvalue weighted by atomic mass is 10.1. The number of alkyl carbamates (subject to hydrolysis) is 1. The van der Waals surface area contributed by atoms with Gasteiger partial charge in [-0.3, -0.25) is 10.2 Å². The molecule has 0 saturated heterocycles.